The van der Waals surface area contributed by atoms with E-state index in [-0.39, 0.29) is 18.6 Å². The zero-order valence-electron chi connectivity index (χ0n) is 12.2. The second kappa shape index (κ2) is 5.13. The number of aromatic nitrogens is 2. The largest absolute Gasteiger partial charge is 0.385 e. The van der Waals surface area contributed by atoms with E-state index in [0.29, 0.717) is 18.7 Å². The van der Waals surface area contributed by atoms with Crippen molar-refractivity contribution >= 4 is 16.8 Å². The van der Waals surface area contributed by atoms with Crippen molar-refractivity contribution in [3.05, 3.63) is 30.0 Å². The van der Waals surface area contributed by atoms with Crippen molar-refractivity contribution in [3.63, 3.8) is 0 Å². The summed E-state index contributed by atoms with van der Waals surface area (Å²) in [5.74, 6) is -0.278. The maximum atomic E-state index is 12.3. The average molecular weight is 289 g/mol. The molecule has 0 saturated carbocycles. The highest BCUT2D eigenvalue weighted by atomic mass is 16.5. The fourth-order valence-corrected chi connectivity index (χ4v) is 2.70. The summed E-state index contributed by atoms with van der Waals surface area (Å²) in [5, 5.41) is 18.3. The van der Waals surface area contributed by atoms with Crippen molar-refractivity contribution in [2.45, 2.75) is 25.0 Å². The third kappa shape index (κ3) is 2.41. The van der Waals surface area contributed by atoms with Gasteiger partial charge in [-0.05, 0) is 13.0 Å². The summed E-state index contributed by atoms with van der Waals surface area (Å²) in [7, 11) is 1.81. The molecule has 0 aliphatic carbocycles. The number of aryl methyl sites for hydroxylation is 1. The van der Waals surface area contributed by atoms with Crippen LogP contribution in [-0.4, -0.2) is 45.7 Å². The van der Waals surface area contributed by atoms with Crippen LogP contribution in [0.3, 0.4) is 0 Å². The minimum atomic E-state index is -1.000. The number of ether oxygens (including phenoxy) is 1. The Hall–Kier alpha value is -1.92. The molecule has 2 heterocycles. The van der Waals surface area contributed by atoms with Crippen molar-refractivity contribution in [2.24, 2.45) is 7.05 Å². The van der Waals surface area contributed by atoms with Gasteiger partial charge in [0.25, 0.3) is 5.91 Å². The highest BCUT2D eigenvalue weighted by Crippen LogP contribution is 2.25. The number of nitrogens with one attached hydrogen (secondary N) is 1. The number of hydrogen-bond acceptors (Lipinski definition) is 4. The lowest BCUT2D eigenvalue weighted by Crippen LogP contribution is -2.47. The standard InChI is InChI=1S/C15H19N3O3/c1-10-15(20,7-8-21-10)9-16-14(19)13-11-5-3-4-6-12(11)18(2)17-13/h3-6,10,20H,7-9H2,1-2H3,(H,16,19). The van der Waals surface area contributed by atoms with Gasteiger partial charge in [0.2, 0.25) is 0 Å². The molecule has 21 heavy (non-hydrogen) atoms. The second-order valence-corrected chi connectivity index (χ2v) is 5.54. The van der Waals surface area contributed by atoms with Crippen LogP contribution in [0, 0.1) is 0 Å². The van der Waals surface area contributed by atoms with Crippen molar-refractivity contribution in [2.75, 3.05) is 13.2 Å². The summed E-state index contributed by atoms with van der Waals surface area (Å²) >= 11 is 0. The molecule has 1 aliphatic rings. The van der Waals surface area contributed by atoms with Gasteiger partial charge in [-0.15, -0.1) is 0 Å². The summed E-state index contributed by atoms with van der Waals surface area (Å²) in [6.45, 7) is 2.49. The van der Waals surface area contributed by atoms with Crippen molar-refractivity contribution in [3.8, 4) is 0 Å². The third-order valence-electron chi connectivity index (χ3n) is 4.19. The monoisotopic (exact) mass is 289 g/mol. The summed E-state index contributed by atoms with van der Waals surface area (Å²) in [5.41, 5.74) is 0.280. The van der Waals surface area contributed by atoms with Gasteiger partial charge in [0.1, 0.15) is 5.60 Å². The maximum Gasteiger partial charge on any atom is 0.272 e. The zero-order valence-corrected chi connectivity index (χ0v) is 12.2. The Balaban J connectivity index is 1.79. The highest BCUT2D eigenvalue weighted by Gasteiger charge is 2.39. The molecule has 1 aliphatic heterocycles. The lowest BCUT2D eigenvalue weighted by molar-refractivity contribution is -0.0251. The smallest absolute Gasteiger partial charge is 0.272 e. The Labute approximate surface area is 122 Å². The molecule has 0 radical (unpaired) electrons. The number of nitrogens with zero attached hydrogens (tertiary/aromatic N) is 2. The summed E-state index contributed by atoms with van der Waals surface area (Å²) < 4.78 is 7.04. The molecule has 0 spiro atoms. The molecule has 2 unspecified atom stereocenters. The molecule has 6 nitrogen and oxygen atoms in total. The molecular formula is C15H19N3O3. The lowest BCUT2D eigenvalue weighted by atomic mass is 9.96. The molecule has 1 saturated heterocycles. The van der Waals surface area contributed by atoms with E-state index in [9.17, 15) is 9.90 Å². The van der Waals surface area contributed by atoms with Gasteiger partial charge in [0.05, 0.1) is 11.6 Å². The quantitative estimate of drug-likeness (QED) is 0.878. The topological polar surface area (TPSA) is 76.4 Å². The van der Waals surface area contributed by atoms with Crippen LogP contribution in [0.25, 0.3) is 10.9 Å². The first-order valence-corrected chi connectivity index (χ1v) is 7.05. The van der Waals surface area contributed by atoms with Gasteiger partial charge in [-0.1, -0.05) is 18.2 Å². The highest BCUT2D eigenvalue weighted by molar-refractivity contribution is 6.04. The molecule has 2 aromatic rings. The average Bonchev–Trinajstić information content (AvgIpc) is 2.99. The fraction of sp³-hybridized carbons (Fsp3) is 0.467. The van der Waals surface area contributed by atoms with Crippen LogP contribution in [0.2, 0.25) is 0 Å². The van der Waals surface area contributed by atoms with Crippen LogP contribution in [0.5, 0.6) is 0 Å². The van der Waals surface area contributed by atoms with E-state index in [1.165, 1.54) is 0 Å². The van der Waals surface area contributed by atoms with Gasteiger partial charge in [0, 0.05) is 32.0 Å². The van der Waals surface area contributed by atoms with E-state index in [2.05, 4.69) is 10.4 Å². The zero-order chi connectivity index (χ0) is 15.0. The van der Waals surface area contributed by atoms with Crippen LogP contribution >= 0.6 is 0 Å². The Morgan fingerprint density at radius 2 is 2.33 bits per heavy atom. The predicted molar refractivity (Wildman–Crippen MR) is 78.0 cm³/mol. The predicted octanol–water partition coefficient (Wildman–Crippen LogP) is 0.843. The number of rotatable bonds is 3. The molecule has 1 amide bonds. The number of aliphatic hydroxyl groups is 1. The van der Waals surface area contributed by atoms with E-state index < -0.39 is 5.60 Å². The van der Waals surface area contributed by atoms with Crippen LogP contribution in [-0.2, 0) is 11.8 Å². The number of amides is 1. The normalized spacial score (nSPS) is 25.4. The number of hydrogen-bond donors (Lipinski definition) is 2. The summed E-state index contributed by atoms with van der Waals surface area (Å²) in [4.78, 5) is 12.3. The molecule has 6 heteroatoms. The van der Waals surface area contributed by atoms with Gasteiger partial charge in [0.15, 0.2) is 5.69 Å². The molecule has 1 aromatic carbocycles. The first-order chi connectivity index (χ1) is 10.0. The van der Waals surface area contributed by atoms with Crippen molar-refractivity contribution in [1.29, 1.82) is 0 Å². The van der Waals surface area contributed by atoms with Gasteiger partial charge in [-0.3, -0.25) is 9.48 Å². The number of benzene rings is 1. The van der Waals surface area contributed by atoms with Crippen LogP contribution < -0.4 is 5.32 Å². The van der Waals surface area contributed by atoms with E-state index in [1.54, 1.807) is 11.7 Å². The van der Waals surface area contributed by atoms with Gasteiger partial charge in [-0.25, -0.2) is 0 Å². The Kier molecular flexibility index (Phi) is 3.43. The Bertz CT molecular complexity index is 682. The minimum absolute atomic E-state index is 0.165. The van der Waals surface area contributed by atoms with Crippen LogP contribution in [0.4, 0.5) is 0 Å². The van der Waals surface area contributed by atoms with E-state index in [1.807, 2.05) is 31.2 Å². The number of carbonyl (C=O) groups excluding carboxylic acids is 1. The number of fused-ring (bicyclic) bond motifs is 1. The first kappa shape index (κ1) is 14.0. The summed E-state index contributed by atoms with van der Waals surface area (Å²) in [6.07, 6.45) is 0.246. The summed E-state index contributed by atoms with van der Waals surface area (Å²) in [6, 6.07) is 7.57. The third-order valence-corrected chi connectivity index (χ3v) is 4.19. The minimum Gasteiger partial charge on any atom is -0.385 e. The van der Waals surface area contributed by atoms with Gasteiger partial charge >= 0.3 is 0 Å². The number of para-hydroxylation sites is 1. The second-order valence-electron chi connectivity index (χ2n) is 5.54. The molecule has 1 aromatic heterocycles. The molecule has 112 valence electrons. The van der Waals surface area contributed by atoms with E-state index in [0.717, 1.165) is 10.9 Å². The first-order valence-electron chi connectivity index (χ1n) is 7.05. The SMILES string of the molecule is CC1OCCC1(O)CNC(=O)c1nn(C)c2ccccc12. The van der Waals surface area contributed by atoms with Crippen LogP contribution in [0.15, 0.2) is 24.3 Å². The van der Waals surface area contributed by atoms with E-state index in [4.69, 9.17) is 4.74 Å². The molecule has 2 atom stereocenters. The van der Waals surface area contributed by atoms with Crippen molar-refractivity contribution in [1.82, 2.24) is 15.1 Å². The Morgan fingerprint density at radius 3 is 3.05 bits per heavy atom. The Morgan fingerprint density at radius 1 is 1.57 bits per heavy atom. The molecule has 2 N–H and O–H groups in total. The molecule has 3 rings (SSSR count). The van der Waals surface area contributed by atoms with Crippen molar-refractivity contribution < 1.29 is 14.6 Å². The number of carbonyl (C=O) groups is 1. The lowest BCUT2D eigenvalue weighted by Gasteiger charge is -2.25. The molecule has 0 bridgehead atoms. The van der Waals surface area contributed by atoms with E-state index >= 15 is 0 Å². The molecule has 1 fully saturated rings. The fourth-order valence-electron chi connectivity index (χ4n) is 2.70. The van der Waals surface area contributed by atoms with Gasteiger partial charge < -0.3 is 15.2 Å². The maximum absolute atomic E-state index is 12.3. The van der Waals surface area contributed by atoms with Gasteiger partial charge in [-0.2, -0.15) is 5.10 Å². The molecular weight excluding hydrogens is 270 g/mol. The van der Waals surface area contributed by atoms with Crippen LogP contribution in [0.1, 0.15) is 23.8 Å².